The minimum Gasteiger partial charge on any atom is -0.415 e. The molecule has 36 heavy (non-hydrogen) atoms. The number of alkyl halides is 2. The average Bonchev–Trinajstić information content (AvgIpc) is 3.64. The SMILES string of the molecule is O=C1c2cc(-c3nnc(C(F)F)o3)ccc2CN1c1ccccc1-c1cnn(Cc2ccccn2)c1. The second-order valence-electron chi connectivity index (χ2n) is 8.27. The molecular weight excluding hydrogens is 466 g/mol. The molecule has 5 aromatic rings. The molecule has 0 unspecified atom stereocenters. The van der Waals surface area contributed by atoms with Crippen LogP contribution in [0.25, 0.3) is 22.6 Å². The number of para-hydroxylation sites is 1. The number of amides is 1. The van der Waals surface area contributed by atoms with Gasteiger partial charge in [0.1, 0.15) is 0 Å². The summed E-state index contributed by atoms with van der Waals surface area (Å²) in [6, 6.07) is 18.4. The number of rotatable bonds is 6. The number of hydrogen-bond acceptors (Lipinski definition) is 6. The van der Waals surface area contributed by atoms with Gasteiger partial charge in [-0.05, 0) is 35.9 Å². The van der Waals surface area contributed by atoms with E-state index in [0.717, 1.165) is 28.1 Å². The van der Waals surface area contributed by atoms with Gasteiger partial charge in [0, 0.05) is 34.6 Å². The van der Waals surface area contributed by atoms with Crippen LogP contribution in [0.4, 0.5) is 14.5 Å². The molecule has 8 nitrogen and oxygen atoms in total. The van der Waals surface area contributed by atoms with Crippen molar-refractivity contribution in [2.24, 2.45) is 0 Å². The number of halogens is 2. The average molecular weight is 484 g/mol. The maximum Gasteiger partial charge on any atom is 0.314 e. The van der Waals surface area contributed by atoms with Crippen LogP contribution in [0.2, 0.25) is 0 Å². The van der Waals surface area contributed by atoms with Crippen molar-refractivity contribution in [1.82, 2.24) is 25.0 Å². The van der Waals surface area contributed by atoms with E-state index < -0.39 is 12.3 Å². The van der Waals surface area contributed by atoms with Crippen molar-refractivity contribution >= 4 is 11.6 Å². The minimum atomic E-state index is -2.86. The Labute approximate surface area is 203 Å². The van der Waals surface area contributed by atoms with Gasteiger partial charge in [0.25, 0.3) is 11.8 Å². The molecule has 1 amide bonds. The fraction of sp³-hybridized carbons (Fsp3) is 0.115. The molecule has 1 aliphatic rings. The summed E-state index contributed by atoms with van der Waals surface area (Å²) in [4.78, 5) is 19.5. The van der Waals surface area contributed by atoms with Crippen molar-refractivity contribution < 1.29 is 18.0 Å². The summed E-state index contributed by atoms with van der Waals surface area (Å²) < 4.78 is 32.5. The Kier molecular flexibility index (Phi) is 5.33. The van der Waals surface area contributed by atoms with E-state index in [0.29, 0.717) is 24.2 Å². The lowest BCUT2D eigenvalue weighted by Crippen LogP contribution is -2.23. The lowest BCUT2D eigenvalue weighted by Gasteiger charge is -2.19. The second kappa shape index (κ2) is 8.81. The second-order valence-corrected chi connectivity index (χ2v) is 8.27. The Balaban J connectivity index is 1.29. The van der Waals surface area contributed by atoms with Crippen LogP contribution in [0.5, 0.6) is 0 Å². The highest BCUT2D eigenvalue weighted by Crippen LogP contribution is 2.37. The van der Waals surface area contributed by atoms with Crippen molar-refractivity contribution in [2.75, 3.05) is 4.90 Å². The molecule has 0 saturated heterocycles. The van der Waals surface area contributed by atoms with E-state index in [1.165, 1.54) is 0 Å². The molecular formula is C26H18F2N6O2. The van der Waals surface area contributed by atoms with E-state index in [1.54, 1.807) is 40.2 Å². The molecule has 0 saturated carbocycles. The molecule has 0 bridgehead atoms. The van der Waals surface area contributed by atoms with Gasteiger partial charge in [-0.25, -0.2) is 0 Å². The number of pyridine rings is 1. The first-order chi connectivity index (χ1) is 17.6. The fourth-order valence-electron chi connectivity index (χ4n) is 4.27. The summed E-state index contributed by atoms with van der Waals surface area (Å²) in [7, 11) is 0. The van der Waals surface area contributed by atoms with Crippen LogP contribution in [0.15, 0.2) is 83.7 Å². The lowest BCUT2D eigenvalue weighted by molar-refractivity contribution is 0.0996. The largest absolute Gasteiger partial charge is 0.415 e. The van der Waals surface area contributed by atoms with Gasteiger partial charge in [-0.1, -0.05) is 30.3 Å². The van der Waals surface area contributed by atoms with Crippen molar-refractivity contribution in [2.45, 2.75) is 19.5 Å². The minimum absolute atomic E-state index is 0.0555. The highest BCUT2D eigenvalue weighted by molar-refractivity contribution is 6.12. The van der Waals surface area contributed by atoms with Crippen LogP contribution in [-0.4, -0.2) is 30.9 Å². The van der Waals surface area contributed by atoms with Gasteiger partial charge in [0.05, 0.1) is 30.7 Å². The Morgan fingerprint density at radius 1 is 0.972 bits per heavy atom. The van der Waals surface area contributed by atoms with E-state index in [-0.39, 0.29) is 11.8 Å². The molecule has 10 heteroatoms. The zero-order chi connectivity index (χ0) is 24.6. The quantitative estimate of drug-likeness (QED) is 0.332. The third-order valence-corrected chi connectivity index (χ3v) is 5.98. The monoisotopic (exact) mass is 484 g/mol. The molecule has 0 fully saturated rings. The number of benzene rings is 2. The van der Waals surface area contributed by atoms with Crippen LogP contribution < -0.4 is 4.90 Å². The van der Waals surface area contributed by atoms with Crippen molar-refractivity contribution in [1.29, 1.82) is 0 Å². The highest BCUT2D eigenvalue weighted by atomic mass is 19.3. The molecule has 2 aromatic carbocycles. The Bertz CT molecular complexity index is 1560. The standard InChI is InChI=1S/C26H18F2N6O2/c27-23(28)25-32-31-24(36-25)16-8-9-17-14-34(26(35)21(17)11-16)22-7-2-1-6-20(22)18-12-30-33(13-18)15-19-5-3-4-10-29-19/h1-13,23H,14-15H2. The fourth-order valence-corrected chi connectivity index (χ4v) is 4.27. The van der Waals surface area contributed by atoms with Gasteiger partial charge < -0.3 is 9.32 Å². The number of carbonyl (C=O) groups is 1. The first kappa shape index (κ1) is 21.8. The summed E-state index contributed by atoms with van der Waals surface area (Å²) in [6.07, 6.45) is 2.58. The van der Waals surface area contributed by atoms with Crippen LogP contribution in [0.1, 0.15) is 33.9 Å². The number of aromatic nitrogens is 5. The molecule has 6 rings (SSSR count). The smallest absolute Gasteiger partial charge is 0.314 e. The Morgan fingerprint density at radius 3 is 2.64 bits per heavy atom. The lowest BCUT2D eigenvalue weighted by atomic mass is 10.1. The van der Waals surface area contributed by atoms with Gasteiger partial charge in [0.2, 0.25) is 5.89 Å². The molecule has 1 aliphatic heterocycles. The predicted octanol–water partition coefficient (Wildman–Crippen LogP) is 5.14. The van der Waals surface area contributed by atoms with E-state index in [2.05, 4.69) is 20.3 Å². The zero-order valence-corrected chi connectivity index (χ0v) is 18.8. The molecule has 0 aliphatic carbocycles. The summed E-state index contributed by atoms with van der Waals surface area (Å²) in [5.74, 6) is -1.01. The normalized spacial score (nSPS) is 13.0. The van der Waals surface area contributed by atoms with E-state index in [4.69, 9.17) is 4.42 Å². The first-order valence-electron chi connectivity index (χ1n) is 11.2. The van der Waals surface area contributed by atoms with Gasteiger partial charge in [-0.15, -0.1) is 10.2 Å². The summed E-state index contributed by atoms with van der Waals surface area (Å²) >= 11 is 0. The maximum absolute atomic E-state index is 13.4. The van der Waals surface area contributed by atoms with Crippen LogP contribution >= 0.6 is 0 Å². The van der Waals surface area contributed by atoms with Crippen LogP contribution in [0, 0.1) is 0 Å². The van der Waals surface area contributed by atoms with Crippen molar-refractivity contribution in [3.05, 3.63) is 102 Å². The molecule has 0 N–H and O–H groups in total. The molecule has 3 aromatic heterocycles. The van der Waals surface area contributed by atoms with Crippen LogP contribution in [0.3, 0.4) is 0 Å². The molecule has 0 atom stereocenters. The Morgan fingerprint density at radius 2 is 1.83 bits per heavy atom. The van der Waals surface area contributed by atoms with E-state index in [9.17, 15) is 13.6 Å². The number of hydrogen-bond donors (Lipinski definition) is 0. The first-order valence-corrected chi connectivity index (χ1v) is 11.2. The van der Waals surface area contributed by atoms with Gasteiger partial charge in [-0.2, -0.15) is 13.9 Å². The molecule has 4 heterocycles. The zero-order valence-electron chi connectivity index (χ0n) is 18.8. The predicted molar refractivity (Wildman–Crippen MR) is 126 cm³/mol. The van der Waals surface area contributed by atoms with Crippen LogP contribution in [-0.2, 0) is 13.1 Å². The van der Waals surface area contributed by atoms with Gasteiger partial charge in [-0.3, -0.25) is 14.5 Å². The molecule has 178 valence electrons. The third kappa shape index (κ3) is 3.92. The highest BCUT2D eigenvalue weighted by Gasteiger charge is 2.31. The van der Waals surface area contributed by atoms with Gasteiger partial charge >= 0.3 is 6.43 Å². The van der Waals surface area contributed by atoms with Crippen molar-refractivity contribution in [3.63, 3.8) is 0 Å². The number of fused-ring (bicyclic) bond motifs is 1. The summed E-state index contributed by atoms with van der Waals surface area (Å²) in [6.45, 7) is 0.905. The molecule has 0 radical (unpaired) electrons. The van der Waals surface area contributed by atoms with E-state index >= 15 is 0 Å². The summed E-state index contributed by atoms with van der Waals surface area (Å²) in [5.41, 5.74) is 5.06. The Hall–Kier alpha value is -4.73. The third-order valence-electron chi connectivity index (χ3n) is 5.98. The number of anilines is 1. The number of nitrogens with zero attached hydrogens (tertiary/aromatic N) is 6. The number of carbonyl (C=O) groups excluding carboxylic acids is 1. The van der Waals surface area contributed by atoms with E-state index in [1.807, 2.05) is 48.7 Å². The van der Waals surface area contributed by atoms with Crippen molar-refractivity contribution in [3.8, 4) is 22.6 Å². The summed E-state index contributed by atoms with van der Waals surface area (Å²) in [5, 5.41) is 11.5. The maximum atomic E-state index is 13.4. The topological polar surface area (TPSA) is 89.9 Å². The van der Waals surface area contributed by atoms with Gasteiger partial charge in [0.15, 0.2) is 0 Å². The molecule has 0 spiro atoms.